The van der Waals surface area contributed by atoms with Crippen molar-refractivity contribution in [3.8, 4) is 0 Å². The molecule has 1 aliphatic carbocycles. The number of rotatable bonds is 0. The highest BCUT2D eigenvalue weighted by Crippen LogP contribution is 2.35. The Balaban J connectivity index is 1.95. The third-order valence-electron chi connectivity index (χ3n) is 4.95. The van der Waals surface area contributed by atoms with Gasteiger partial charge in [0.2, 0.25) is 0 Å². The van der Waals surface area contributed by atoms with E-state index in [1.807, 2.05) is 0 Å². The number of hydrogen-bond acceptors (Lipinski definition) is 1. The quantitative estimate of drug-likeness (QED) is 0.653. The van der Waals surface area contributed by atoms with Gasteiger partial charge in [-0.2, -0.15) is 0 Å². The molecule has 3 atom stereocenters. The first-order chi connectivity index (χ1) is 8.07. The Bertz CT molecular complexity index is 228. The topological polar surface area (TPSA) is 12.0 Å². The summed E-state index contributed by atoms with van der Waals surface area (Å²) in [5.41, 5.74) is 0.434. The first-order valence-electron chi connectivity index (χ1n) is 7.83. The molecule has 3 unspecified atom stereocenters. The smallest absolute Gasteiger partial charge is 0.0118 e. The average Bonchev–Trinajstić information content (AvgIpc) is 2.38. The minimum atomic E-state index is 0.434. The fraction of sp³-hybridized carbons (Fsp3) is 1.00. The zero-order valence-electron chi connectivity index (χ0n) is 12.1. The molecule has 1 nitrogen and oxygen atoms in total. The van der Waals surface area contributed by atoms with Crippen molar-refractivity contribution in [2.75, 3.05) is 0 Å². The van der Waals surface area contributed by atoms with Gasteiger partial charge in [0, 0.05) is 12.1 Å². The van der Waals surface area contributed by atoms with Crippen LogP contribution in [0.3, 0.4) is 0 Å². The van der Waals surface area contributed by atoms with E-state index >= 15 is 0 Å². The summed E-state index contributed by atoms with van der Waals surface area (Å²) in [6.45, 7) is 7.17. The summed E-state index contributed by atoms with van der Waals surface area (Å²) in [6, 6.07) is 1.57. The van der Waals surface area contributed by atoms with Gasteiger partial charge in [-0.25, -0.2) is 0 Å². The lowest BCUT2D eigenvalue weighted by Gasteiger charge is -2.43. The standard InChI is InChI=1S/C16H31N/c1-16(2,3)15-12-11-13-9-7-5-4-6-8-10-14(13)17-15/h13-15,17H,4-12H2,1-3H3. The van der Waals surface area contributed by atoms with Crippen LogP contribution in [-0.2, 0) is 0 Å². The maximum absolute atomic E-state index is 3.99. The maximum Gasteiger partial charge on any atom is 0.0118 e. The SMILES string of the molecule is CC(C)(C)C1CCC2CCCCCCCC2N1. The molecule has 0 spiro atoms. The maximum atomic E-state index is 3.99. The van der Waals surface area contributed by atoms with Crippen molar-refractivity contribution in [1.29, 1.82) is 0 Å². The molecular weight excluding hydrogens is 206 g/mol. The van der Waals surface area contributed by atoms with Crippen LogP contribution in [0, 0.1) is 11.3 Å². The van der Waals surface area contributed by atoms with Gasteiger partial charge in [-0.05, 0) is 37.0 Å². The van der Waals surface area contributed by atoms with Crippen molar-refractivity contribution >= 4 is 0 Å². The van der Waals surface area contributed by atoms with Crippen molar-refractivity contribution in [3.05, 3.63) is 0 Å². The van der Waals surface area contributed by atoms with Crippen LogP contribution in [0.15, 0.2) is 0 Å². The van der Waals surface area contributed by atoms with E-state index in [9.17, 15) is 0 Å². The van der Waals surface area contributed by atoms with Gasteiger partial charge in [-0.3, -0.25) is 0 Å². The van der Waals surface area contributed by atoms with Gasteiger partial charge in [-0.15, -0.1) is 0 Å². The summed E-state index contributed by atoms with van der Waals surface area (Å²) >= 11 is 0. The van der Waals surface area contributed by atoms with Crippen molar-refractivity contribution in [1.82, 2.24) is 5.32 Å². The highest BCUT2D eigenvalue weighted by atomic mass is 15.0. The normalized spacial score (nSPS) is 36.5. The molecule has 1 aliphatic heterocycles. The molecule has 1 heteroatoms. The van der Waals surface area contributed by atoms with Crippen LogP contribution in [-0.4, -0.2) is 12.1 Å². The summed E-state index contributed by atoms with van der Waals surface area (Å²) in [5.74, 6) is 0.978. The minimum Gasteiger partial charge on any atom is -0.310 e. The predicted octanol–water partition coefficient (Wildman–Crippen LogP) is 4.51. The summed E-state index contributed by atoms with van der Waals surface area (Å²) < 4.78 is 0. The summed E-state index contributed by atoms with van der Waals surface area (Å²) in [5, 5.41) is 3.99. The molecule has 1 heterocycles. The van der Waals surface area contributed by atoms with Gasteiger partial charge in [0.25, 0.3) is 0 Å². The van der Waals surface area contributed by atoms with Gasteiger partial charge >= 0.3 is 0 Å². The lowest BCUT2D eigenvalue weighted by molar-refractivity contribution is 0.137. The first-order valence-corrected chi connectivity index (χ1v) is 7.83. The fourth-order valence-electron chi connectivity index (χ4n) is 3.71. The minimum absolute atomic E-state index is 0.434. The van der Waals surface area contributed by atoms with Crippen molar-refractivity contribution in [3.63, 3.8) is 0 Å². The van der Waals surface area contributed by atoms with Crippen LogP contribution in [0.1, 0.15) is 78.6 Å². The van der Waals surface area contributed by atoms with E-state index in [1.165, 1.54) is 57.8 Å². The van der Waals surface area contributed by atoms with Crippen LogP contribution < -0.4 is 5.32 Å². The van der Waals surface area contributed by atoms with Gasteiger partial charge < -0.3 is 5.32 Å². The Labute approximate surface area is 108 Å². The Kier molecular flexibility index (Phi) is 4.52. The zero-order chi connectivity index (χ0) is 12.3. The fourth-order valence-corrected chi connectivity index (χ4v) is 3.71. The number of nitrogens with one attached hydrogen (secondary N) is 1. The van der Waals surface area contributed by atoms with Gasteiger partial charge in [0.1, 0.15) is 0 Å². The van der Waals surface area contributed by atoms with Crippen LogP contribution in [0.25, 0.3) is 0 Å². The van der Waals surface area contributed by atoms with E-state index in [1.54, 1.807) is 0 Å². The molecule has 0 aromatic rings. The Morgan fingerprint density at radius 2 is 1.41 bits per heavy atom. The second kappa shape index (κ2) is 5.73. The molecule has 2 aliphatic rings. The molecule has 100 valence electrons. The monoisotopic (exact) mass is 237 g/mol. The van der Waals surface area contributed by atoms with Crippen LogP contribution in [0.4, 0.5) is 0 Å². The van der Waals surface area contributed by atoms with Crippen molar-refractivity contribution in [2.45, 2.75) is 90.6 Å². The lowest BCUT2D eigenvalue weighted by Crippen LogP contribution is -2.52. The summed E-state index contributed by atoms with van der Waals surface area (Å²) in [6.07, 6.45) is 13.1. The lowest BCUT2D eigenvalue weighted by atomic mass is 9.75. The molecule has 17 heavy (non-hydrogen) atoms. The van der Waals surface area contributed by atoms with E-state index < -0.39 is 0 Å². The molecular formula is C16H31N. The third kappa shape index (κ3) is 3.71. The van der Waals surface area contributed by atoms with E-state index in [2.05, 4.69) is 26.1 Å². The summed E-state index contributed by atoms with van der Waals surface area (Å²) in [4.78, 5) is 0. The first kappa shape index (κ1) is 13.4. The highest BCUT2D eigenvalue weighted by Gasteiger charge is 2.34. The van der Waals surface area contributed by atoms with Crippen LogP contribution in [0.5, 0.6) is 0 Å². The molecule has 0 aromatic carbocycles. The molecule has 0 aromatic heterocycles. The Hall–Kier alpha value is -0.0400. The Morgan fingerprint density at radius 1 is 0.765 bits per heavy atom. The molecule has 2 fully saturated rings. The number of hydrogen-bond donors (Lipinski definition) is 1. The van der Waals surface area contributed by atoms with Crippen molar-refractivity contribution in [2.24, 2.45) is 11.3 Å². The van der Waals surface area contributed by atoms with Crippen LogP contribution in [0.2, 0.25) is 0 Å². The second-order valence-electron chi connectivity index (χ2n) is 7.37. The molecule has 1 N–H and O–H groups in total. The largest absolute Gasteiger partial charge is 0.310 e. The molecule has 1 saturated carbocycles. The van der Waals surface area contributed by atoms with E-state index in [0.29, 0.717) is 5.41 Å². The predicted molar refractivity (Wildman–Crippen MR) is 75.2 cm³/mol. The van der Waals surface area contributed by atoms with Gasteiger partial charge in [0.15, 0.2) is 0 Å². The van der Waals surface area contributed by atoms with Gasteiger partial charge in [-0.1, -0.05) is 52.9 Å². The van der Waals surface area contributed by atoms with E-state index in [-0.39, 0.29) is 0 Å². The van der Waals surface area contributed by atoms with Crippen LogP contribution >= 0.6 is 0 Å². The molecule has 1 saturated heterocycles. The van der Waals surface area contributed by atoms with Crippen molar-refractivity contribution < 1.29 is 0 Å². The molecule has 2 rings (SSSR count). The third-order valence-corrected chi connectivity index (χ3v) is 4.95. The number of fused-ring (bicyclic) bond motifs is 1. The molecule has 0 amide bonds. The van der Waals surface area contributed by atoms with Gasteiger partial charge in [0.05, 0.1) is 0 Å². The van der Waals surface area contributed by atoms with E-state index in [4.69, 9.17) is 0 Å². The summed E-state index contributed by atoms with van der Waals surface area (Å²) in [7, 11) is 0. The Morgan fingerprint density at radius 3 is 2.12 bits per heavy atom. The molecule has 0 radical (unpaired) electrons. The zero-order valence-corrected chi connectivity index (χ0v) is 12.1. The second-order valence-corrected chi connectivity index (χ2v) is 7.37. The average molecular weight is 237 g/mol. The van der Waals surface area contributed by atoms with E-state index in [0.717, 1.165) is 18.0 Å². The molecule has 0 bridgehead atoms. The number of piperidine rings is 1. The highest BCUT2D eigenvalue weighted by molar-refractivity contribution is 4.92.